The molecule has 0 spiro atoms. The molecule has 0 aliphatic carbocycles. The molecule has 2 aliphatic rings. The minimum Gasteiger partial charge on any atom is -0.396 e. The first kappa shape index (κ1) is 7.53. The number of fused-ring (bicyclic) bond motifs is 1. The van der Waals surface area contributed by atoms with Gasteiger partial charge in [-0.05, 0) is 6.42 Å². The standard InChI is InChI=1S/C8H15NO2/c10-6-8-1-2-11-4-7(8)3-9-5-8/h7,9-10H,1-6H2. The molecule has 0 amide bonds. The van der Waals surface area contributed by atoms with Crippen molar-refractivity contribution in [3.05, 3.63) is 0 Å². The van der Waals surface area contributed by atoms with E-state index in [0.29, 0.717) is 12.5 Å². The summed E-state index contributed by atoms with van der Waals surface area (Å²) in [6.07, 6.45) is 1.02. The van der Waals surface area contributed by atoms with E-state index >= 15 is 0 Å². The number of nitrogens with one attached hydrogen (secondary N) is 1. The Morgan fingerprint density at radius 1 is 1.64 bits per heavy atom. The van der Waals surface area contributed by atoms with Crippen molar-refractivity contribution in [2.45, 2.75) is 6.42 Å². The molecule has 2 saturated heterocycles. The molecule has 0 bridgehead atoms. The maximum atomic E-state index is 9.26. The summed E-state index contributed by atoms with van der Waals surface area (Å²) in [4.78, 5) is 0. The van der Waals surface area contributed by atoms with Gasteiger partial charge in [-0.25, -0.2) is 0 Å². The molecule has 2 fully saturated rings. The van der Waals surface area contributed by atoms with Gasteiger partial charge in [0, 0.05) is 31.0 Å². The molecular formula is C8H15NO2. The molecule has 2 N–H and O–H groups in total. The van der Waals surface area contributed by atoms with Crippen molar-refractivity contribution in [3.8, 4) is 0 Å². The number of ether oxygens (including phenoxy) is 1. The Morgan fingerprint density at radius 3 is 3.27 bits per heavy atom. The average molecular weight is 157 g/mol. The van der Waals surface area contributed by atoms with Crippen LogP contribution in [-0.4, -0.2) is 38.0 Å². The Labute approximate surface area is 66.7 Å². The number of aliphatic hydroxyl groups is 1. The van der Waals surface area contributed by atoms with Crippen LogP contribution < -0.4 is 5.32 Å². The smallest absolute Gasteiger partial charge is 0.0513 e. The quantitative estimate of drug-likeness (QED) is 0.544. The average Bonchev–Trinajstić information content (AvgIpc) is 2.48. The summed E-state index contributed by atoms with van der Waals surface area (Å²) in [7, 11) is 0. The van der Waals surface area contributed by atoms with E-state index in [2.05, 4.69) is 5.32 Å². The maximum Gasteiger partial charge on any atom is 0.0513 e. The molecule has 0 aromatic rings. The van der Waals surface area contributed by atoms with Gasteiger partial charge >= 0.3 is 0 Å². The zero-order valence-corrected chi connectivity index (χ0v) is 6.68. The topological polar surface area (TPSA) is 41.5 Å². The Kier molecular flexibility index (Phi) is 1.87. The molecule has 0 aromatic carbocycles. The predicted octanol–water partition coefficient (Wildman–Crippen LogP) is -0.395. The highest BCUT2D eigenvalue weighted by Crippen LogP contribution is 2.37. The Balaban J connectivity index is 2.12. The Bertz CT molecular complexity index is 151. The van der Waals surface area contributed by atoms with Crippen LogP contribution in [0.4, 0.5) is 0 Å². The van der Waals surface area contributed by atoms with Gasteiger partial charge in [0.05, 0.1) is 13.2 Å². The number of rotatable bonds is 1. The van der Waals surface area contributed by atoms with Crippen LogP contribution in [0, 0.1) is 11.3 Å². The molecule has 0 radical (unpaired) electrons. The highest BCUT2D eigenvalue weighted by molar-refractivity contribution is 4.96. The lowest BCUT2D eigenvalue weighted by atomic mass is 9.75. The molecule has 2 unspecified atom stereocenters. The van der Waals surface area contributed by atoms with Crippen LogP contribution in [0.25, 0.3) is 0 Å². The van der Waals surface area contributed by atoms with E-state index in [-0.39, 0.29) is 5.41 Å². The first-order valence-corrected chi connectivity index (χ1v) is 4.27. The van der Waals surface area contributed by atoms with E-state index < -0.39 is 0 Å². The van der Waals surface area contributed by atoms with Gasteiger partial charge in [-0.3, -0.25) is 0 Å². The van der Waals surface area contributed by atoms with Crippen molar-refractivity contribution in [3.63, 3.8) is 0 Å². The summed E-state index contributed by atoms with van der Waals surface area (Å²) in [6, 6.07) is 0. The van der Waals surface area contributed by atoms with E-state index in [1.807, 2.05) is 0 Å². The van der Waals surface area contributed by atoms with Crippen molar-refractivity contribution < 1.29 is 9.84 Å². The molecule has 3 nitrogen and oxygen atoms in total. The van der Waals surface area contributed by atoms with E-state index in [0.717, 1.165) is 32.7 Å². The van der Waals surface area contributed by atoms with Gasteiger partial charge in [-0.2, -0.15) is 0 Å². The molecule has 11 heavy (non-hydrogen) atoms. The monoisotopic (exact) mass is 157 g/mol. The minimum atomic E-state index is 0.151. The second-order valence-corrected chi connectivity index (χ2v) is 3.67. The zero-order valence-electron chi connectivity index (χ0n) is 6.68. The van der Waals surface area contributed by atoms with Crippen molar-refractivity contribution in [1.29, 1.82) is 0 Å². The summed E-state index contributed by atoms with van der Waals surface area (Å²) in [5.41, 5.74) is 0.151. The second kappa shape index (κ2) is 2.73. The van der Waals surface area contributed by atoms with Crippen molar-refractivity contribution >= 4 is 0 Å². The lowest BCUT2D eigenvalue weighted by molar-refractivity contribution is -0.0411. The Hall–Kier alpha value is -0.120. The van der Waals surface area contributed by atoms with Crippen LogP contribution in [0.5, 0.6) is 0 Å². The minimum absolute atomic E-state index is 0.151. The van der Waals surface area contributed by atoms with Gasteiger partial charge in [0.2, 0.25) is 0 Å². The fourth-order valence-electron chi connectivity index (χ4n) is 2.15. The summed E-state index contributed by atoms with van der Waals surface area (Å²) in [6.45, 7) is 3.94. The lowest BCUT2D eigenvalue weighted by Gasteiger charge is -2.36. The van der Waals surface area contributed by atoms with Crippen molar-refractivity contribution in [2.24, 2.45) is 11.3 Å². The third kappa shape index (κ3) is 1.08. The third-order valence-electron chi connectivity index (χ3n) is 3.11. The maximum absolute atomic E-state index is 9.26. The predicted molar refractivity (Wildman–Crippen MR) is 41.3 cm³/mol. The zero-order chi connectivity index (χ0) is 7.73. The summed E-state index contributed by atoms with van der Waals surface area (Å²) < 4.78 is 5.36. The van der Waals surface area contributed by atoms with Gasteiger partial charge in [-0.1, -0.05) is 0 Å². The first-order valence-electron chi connectivity index (χ1n) is 4.27. The molecule has 2 rings (SSSR count). The fourth-order valence-corrected chi connectivity index (χ4v) is 2.15. The normalized spacial score (nSPS) is 43.9. The van der Waals surface area contributed by atoms with Gasteiger partial charge in [0.15, 0.2) is 0 Å². The molecule has 2 atom stereocenters. The van der Waals surface area contributed by atoms with Gasteiger partial charge in [0.1, 0.15) is 0 Å². The van der Waals surface area contributed by atoms with Gasteiger partial charge in [0.25, 0.3) is 0 Å². The summed E-state index contributed by atoms with van der Waals surface area (Å²) in [5.74, 6) is 0.543. The second-order valence-electron chi connectivity index (χ2n) is 3.67. The van der Waals surface area contributed by atoms with Crippen LogP contribution >= 0.6 is 0 Å². The van der Waals surface area contributed by atoms with Crippen LogP contribution in [0.1, 0.15) is 6.42 Å². The van der Waals surface area contributed by atoms with E-state index in [1.165, 1.54) is 0 Å². The van der Waals surface area contributed by atoms with Crippen LogP contribution in [0.3, 0.4) is 0 Å². The highest BCUT2D eigenvalue weighted by Gasteiger charge is 2.44. The summed E-state index contributed by atoms with van der Waals surface area (Å²) in [5, 5.41) is 12.6. The van der Waals surface area contributed by atoms with Crippen LogP contribution in [-0.2, 0) is 4.74 Å². The van der Waals surface area contributed by atoms with E-state index in [1.54, 1.807) is 0 Å². The van der Waals surface area contributed by atoms with E-state index in [4.69, 9.17) is 4.74 Å². The number of hydrogen-bond donors (Lipinski definition) is 2. The van der Waals surface area contributed by atoms with E-state index in [9.17, 15) is 5.11 Å². The van der Waals surface area contributed by atoms with Crippen LogP contribution in [0.2, 0.25) is 0 Å². The molecule has 64 valence electrons. The number of aliphatic hydroxyl groups excluding tert-OH is 1. The van der Waals surface area contributed by atoms with Crippen molar-refractivity contribution in [2.75, 3.05) is 32.9 Å². The number of hydrogen-bond acceptors (Lipinski definition) is 3. The Morgan fingerprint density at radius 2 is 2.55 bits per heavy atom. The highest BCUT2D eigenvalue weighted by atomic mass is 16.5. The lowest BCUT2D eigenvalue weighted by Crippen LogP contribution is -2.41. The van der Waals surface area contributed by atoms with Crippen LogP contribution in [0.15, 0.2) is 0 Å². The fraction of sp³-hybridized carbons (Fsp3) is 1.00. The van der Waals surface area contributed by atoms with Gasteiger partial charge in [-0.15, -0.1) is 0 Å². The molecular weight excluding hydrogens is 142 g/mol. The molecule has 2 aliphatic heterocycles. The largest absolute Gasteiger partial charge is 0.396 e. The summed E-state index contributed by atoms with van der Waals surface area (Å²) >= 11 is 0. The van der Waals surface area contributed by atoms with Gasteiger partial charge < -0.3 is 15.2 Å². The first-order chi connectivity index (χ1) is 5.37. The SMILES string of the molecule is OCC12CCOCC1CNC2. The third-order valence-corrected chi connectivity index (χ3v) is 3.11. The molecule has 2 heterocycles. The molecule has 0 saturated carbocycles. The molecule has 0 aromatic heterocycles. The van der Waals surface area contributed by atoms with Crippen molar-refractivity contribution in [1.82, 2.24) is 5.32 Å². The molecule has 3 heteroatoms.